The minimum Gasteiger partial charge on any atom is -0.487 e. The fourth-order valence-electron chi connectivity index (χ4n) is 5.53. The lowest BCUT2D eigenvalue weighted by atomic mass is 9.77. The summed E-state index contributed by atoms with van der Waals surface area (Å²) >= 11 is 15.0. The minimum absolute atomic E-state index is 0.136. The van der Waals surface area contributed by atoms with E-state index in [1.165, 1.54) is 36.1 Å². The van der Waals surface area contributed by atoms with Crippen molar-refractivity contribution >= 4 is 40.7 Å². The number of carbonyl (C=O) groups is 1. The molecule has 0 aliphatic heterocycles. The molecule has 0 bridgehead atoms. The molecule has 1 aromatic heterocycles. The zero-order chi connectivity index (χ0) is 24.4. The van der Waals surface area contributed by atoms with E-state index in [1.54, 1.807) is 11.8 Å². The molecule has 2 aliphatic carbocycles. The van der Waals surface area contributed by atoms with Crippen LogP contribution in [0.1, 0.15) is 66.1 Å². The topological polar surface area (TPSA) is 39.2 Å². The van der Waals surface area contributed by atoms with Crippen LogP contribution in [0.25, 0.3) is 0 Å². The van der Waals surface area contributed by atoms with Gasteiger partial charge >= 0.3 is 0 Å². The Morgan fingerprint density at radius 3 is 2.57 bits per heavy atom. The summed E-state index contributed by atoms with van der Waals surface area (Å²) in [5.41, 5.74) is 3.44. The summed E-state index contributed by atoms with van der Waals surface area (Å²) in [5, 5.41) is 0.662. The highest BCUT2D eigenvalue weighted by Gasteiger charge is 2.45. The van der Waals surface area contributed by atoms with Crippen LogP contribution in [-0.2, 0) is 18.8 Å². The first-order chi connectivity index (χ1) is 16.9. The molecule has 0 saturated heterocycles. The molecule has 6 heteroatoms. The van der Waals surface area contributed by atoms with Crippen LogP contribution in [-0.4, -0.2) is 10.8 Å². The van der Waals surface area contributed by atoms with E-state index in [0.717, 1.165) is 23.3 Å². The van der Waals surface area contributed by atoms with Gasteiger partial charge < -0.3 is 4.74 Å². The quantitative estimate of drug-likeness (QED) is 0.276. The Kier molecular flexibility index (Phi) is 7.43. The fourth-order valence-corrected chi connectivity index (χ4v) is 6.86. The van der Waals surface area contributed by atoms with Gasteiger partial charge in [0.05, 0.1) is 5.02 Å². The van der Waals surface area contributed by atoms with Crippen molar-refractivity contribution in [2.24, 2.45) is 11.3 Å². The molecule has 5 rings (SSSR count). The number of hydrogen-bond acceptors (Lipinski definition) is 4. The molecular weight excluding hydrogens is 497 g/mol. The summed E-state index contributed by atoms with van der Waals surface area (Å²) in [7, 11) is 0. The highest BCUT2D eigenvalue weighted by Crippen LogP contribution is 2.49. The Labute approximate surface area is 221 Å². The second kappa shape index (κ2) is 10.5. The molecule has 1 atom stereocenters. The Bertz CT molecular complexity index is 1230. The molecule has 0 radical (unpaired) electrons. The molecule has 0 N–H and O–H groups in total. The van der Waals surface area contributed by atoms with Gasteiger partial charge in [-0.3, -0.25) is 9.78 Å². The zero-order valence-corrected chi connectivity index (χ0v) is 22.2. The number of nitrogens with zero attached hydrogens (tertiary/aromatic N) is 1. The number of rotatable bonds is 8. The van der Waals surface area contributed by atoms with Gasteiger partial charge in [0.15, 0.2) is 5.78 Å². The van der Waals surface area contributed by atoms with E-state index in [-0.39, 0.29) is 5.78 Å². The molecule has 3 aromatic rings. The van der Waals surface area contributed by atoms with Crippen molar-refractivity contribution in [1.82, 2.24) is 4.98 Å². The van der Waals surface area contributed by atoms with Gasteiger partial charge in [-0.05, 0) is 53.6 Å². The van der Waals surface area contributed by atoms with E-state index < -0.39 is 5.41 Å². The Morgan fingerprint density at radius 2 is 1.80 bits per heavy atom. The molecule has 2 aliphatic rings. The van der Waals surface area contributed by atoms with Gasteiger partial charge in [-0.1, -0.05) is 80.1 Å². The highest BCUT2D eigenvalue weighted by molar-refractivity contribution is 7.98. The van der Waals surface area contributed by atoms with Gasteiger partial charge in [-0.25, -0.2) is 0 Å². The number of ether oxygens (including phenoxy) is 1. The number of Topliss-reactive ketones (excluding diaryl/α,β-unsaturated/α-hetero) is 1. The Balaban J connectivity index is 1.28. The Morgan fingerprint density at radius 1 is 1.06 bits per heavy atom. The third-order valence-corrected chi connectivity index (χ3v) is 9.20. The number of fused-ring (bicyclic) bond motifs is 1. The normalized spacial score (nSPS) is 19.8. The van der Waals surface area contributed by atoms with Crippen molar-refractivity contribution in [2.75, 3.05) is 0 Å². The molecule has 1 heterocycles. The van der Waals surface area contributed by atoms with Crippen LogP contribution in [0.5, 0.6) is 5.75 Å². The number of halogens is 2. The van der Waals surface area contributed by atoms with E-state index in [2.05, 4.69) is 24.0 Å². The summed E-state index contributed by atoms with van der Waals surface area (Å²) in [6.45, 7) is 2.48. The number of hydrogen-bond donors (Lipinski definition) is 0. The Hall–Kier alpha value is -2.01. The van der Waals surface area contributed by atoms with E-state index in [0.29, 0.717) is 40.3 Å². The van der Waals surface area contributed by atoms with Crippen molar-refractivity contribution < 1.29 is 9.53 Å². The summed E-state index contributed by atoms with van der Waals surface area (Å²) < 4.78 is 6.14. The standard InChI is InChI=1S/C29H29Cl2NO2S/c1-29(15-19-5-2-3-6-19)16-22-14-24(26(30)27(31)25(22)28(29)33)34-17-20-7-4-8-21(13-20)18-35-23-9-11-32-12-10-23/h4,7-14,19H,2-3,5-6,15-18H2,1H3. The molecule has 182 valence electrons. The number of carbonyl (C=O) groups excluding carboxylic acids is 1. The highest BCUT2D eigenvalue weighted by atomic mass is 35.5. The minimum atomic E-state index is -0.399. The van der Waals surface area contributed by atoms with E-state index in [1.807, 2.05) is 42.7 Å². The van der Waals surface area contributed by atoms with Gasteiger partial charge in [0, 0.05) is 34.0 Å². The second-order valence-corrected chi connectivity index (χ2v) is 11.8. The average Bonchev–Trinajstić information content (AvgIpc) is 3.46. The maximum atomic E-state index is 13.4. The number of pyridine rings is 1. The van der Waals surface area contributed by atoms with Gasteiger partial charge in [0.2, 0.25) is 0 Å². The first-order valence-corrected chi connectivity index (χ1v) is 14.0. The van der Waals surface area contributed by atoms with E-state index in [9.17, 15) is 4.79 Å². The molecule has 1 fully saturated rings. The SMILES string of the molecule is CC1(CC2CCCC2)Cc2cc(OCc3cccc(CSc4ccncc4)c3)c(Cl)c(Cl)c2C1=O. The summed E-state index contributed by atoms with van der Waals surface area (Å²) in [6, 6.07) is 14.3. The third-order valence-electron chi connectivity index (χ3n) is 7.27. The van der Waals surface area contributed by atoms with Crippen LogP contribution in [0.4, 0.5) is 0 Å². The van der Waals surface area contributed by atoms with Crippen molar-refractivity contribution in [3.8, 4) is 5.75 Å². The predicted molar refractivity (Wildman–Crippen MR) is 144 cm³/mol. The molecular formula is C29H29Cl2NO2S. The molecule has 0 spiro atoms. The van der Waals surface area contributed by atoms with Crippen LogP contribution in [0.3, 0.4) is 0 Å². The number of aromatic nitrogens is 1. The lowest BCUT2D eigenvalue weighted by Crippen LogP contribution is -2.26. The lowest BCUT2D eigenvalue weighted by molar-refractivity contribution is 0.0804. The van der Waals surface area contributed by atoms with E-state index >= 15 is 0 Å². The zero-order valence-electron chi connectivity index (χ0n) is 19.9. The lowest BCUT2D eigenvalue weighted by Gasteiger charge is -2.25. The van der Waals surface area contributed by atoms with E-state index in [4.69, 9.17) is 27.9 Å². The molecule has 35 heavy (non-hydrogen) atoms. The van der Waals surface area contributed by atoms with Crippen molar-refractivity contribution in [2.45, 2.75) is 62.7 Å². The van der Waals surface area contributed by atoms with Crippen LogP contribution >= 0.6 is 35.0 Å². The first kappa shape index (κ1) is 24.7. The monoisotopic (exact) mass is 525 g/mol. The summed E-state index contributed by atoms with van der Waals surface area (Å²) in [4.78, 5) is 18.6. The number of thioether (sulfide) groups is 1. The predicted octanol–water partition coefficient (Wildman–Crippen LogP) is 8.59. The summed E-state index contributed by atoms with van der Waals surface area (Å²) in [5.74, 6) is 2.18. The van der Waals surface area contributed by atoms with Gasteiger partial charge in [0.1, 0.15) is 17.4 Å². The molecule has 0 amide bonds. The average molecular weight is 527 g/mol. The largest absolute Gasteiger partial charge is 0.487 e. The number of benzene rings is 2. The smallest absolute Gasteiger partial charge is 0.170 e. The van der Waals surface area contributed by atoms with Gasteiger partial charge in [0.25, 0.3) is 0 Å². The fraction of sp³-hybridized carbons (Fsp3) is 0.379. The molecule has 3 nitrogen and oxygen atoms in total. The maximum Gasteiger partial charge on any atom is 0.170 e. The van der Waals surface area contributed by atoms with Crippen LogP contribution in [0, 0.1) is 11.3 Å². The van der Waals surface area contributed by atoms with Gasteiger partial charge in [-0.15, -0.1) is 11.8 Å². The summed E-state index contributed by atoms with van der Waals surface area (Å²) in [6.07, 6.45) is 10.2. The van der Waals surface area contributed by atoms with Crippen LogP contribution < -0.4 is 4.74 Å². The second-order valence-electron chi connectivity index (χ2n) is 10.0. The first-order valence-electron chi connectivity index (χ1n) is 12.2. The van der Waals surface area contributed by atoms with Crippen molar-refractivity contribution in [1.29, 1.82) is 0 Å². The molecule has 1 saturated carbocycles. The van der Waals surface area contributed by atoms with Crippen LogP contribution in [0.2, 0.25) is 10.0 Å². The van der Waals surface area contributed by atoms with Crippen molar-refractivity contribution in [3.05, 3.63) is 87.2 Å². The van der Waals surface area contributed by atoms with Crippen LogP contribution in [0.15, 0.2) is 59.8 Å². The third kappa shape index (κ3) is 5.40. The maximum absolute atomic E-state index is 13.4. The van der Waals surface area contributed by atoms with Crippen molar-refractivity contribution in [3.63, 3.8) is 0 Å². The molecule has 1 unspecified atom stereocenters. The van der Waals surface area contributed by atoms with Gasteiger partial charge in [-0.2, -0.15) is 0 Å². The molecule has 2 aromatic carbocycles. The number of ketones is 1.